The molecule has 1 N–H and O–H groups in total. The molecule has 2 aliphatic rings. The van der Waals surface area contributed by atoms with Gasteiger partial charge in [0.05, 0.1) is 22.6 Å². The number of nitrogens with zero attached hydrogens (tertiary/aromatic N) is 5. The van der Waals surface area contributed by atoms with E-state index in [1.54, 1.807) is 18.3 Å². The van der Waals surface area contributed by atoms with Gasteiger partial charge in [-0.15, -0.1) is 0 Å². The first kappa shape index (κ1) is 22.6. The summed E-state index contributed by atoms with van der Waals surface area (Å²) in [6.45, 7) is 9.54. The van der Waals surface area contributed by atoms with E-state index in [0.29, 0.717) is 23.6 Å². The molecule has 1 saturated heterocycles. The van der Waals surface area contributed by atoms with Gasteiger partial charge in [-0.2, -0.15) is 13.2 Å². The predicted octanol–water partition coefficient (Wildman–Crippen LogP) is 4.99. The highest BCUT2D eigenvalue weighted by atomic mass is 19.4. The van der Waals surface area contributed by atoms with Gasteiger partial charge in [0.25, 0.3) is 0 Å². The van der Waals surface area contributed by atoms with Crippen LogP contribution < -0.4 is 5.32 Å². The molecule has 172 valence electrons. The van der Waals surface area contributed by atoms with E-state index in [9.17, 15) is 13.2 Å². The molecule has 0 saturated carbocycles. The first-order chi connectivity index (χ1) is 15.7. The van der Waals surface area contributed by atoms with Crippen molar-refractivity contribution in [1.82, 2.24) is 19.8 Å². The second-order valence-corrected chi connectivity index (χ2v) is 8.07. The maximum absolute atomic E-state index is 13.4. The number of piperidine rings is 1. The van der Waals surface area contributed by atoms with Crippen LogP contribution in [0.1, 0.15) is 24.1 Å². The molecule has 1 atom stereocenters. The molecule has 2 aliphatic heterocycles. The number of hydrogen-bond donors (Lipinski definition) is 1. The van der Waals surface area contributed by atoms with E-state index in [0.717, 1.165) is 37.1 Å². The minimum atomic E-state index is -4.44. The van der Waals surface area contributed by atoms with Gasteiger partial charge in [0.1, 0.15) is 6.33 Å². The highest BCUT2D eigenvalue weighted by Gasteiger charge is 2.34. The third-order valence-electron chi connectivity index (χ3n) is 5.82. The Bertz CT molecular complexity index is 1110. The minimum absolute atomic E-state index is 0.0154. The number of hydrogen-bond acceptors (Lipinski definition) is 6. The fourth-order valence-electron chi connectivity index (χ4n) is 4.01. The van der Waals surface area contributed by atoms with Crippen LogP contribution in [0.15, 0.2) is 78.5 Å². The van der Waals surface area contributed by atoms with Crippen molar-refractivity contribution in [1.29, 1.82) is 0 Å². The van der Waals surface area contributed by atoms with Crippen molar-refractivity contribution >= 4 is 17.3 Å². The van der Waals surface area contributed by atoms with E-state index < -0.39 is 11.7 Å². The fourth-order valence-corrected chi connectivity index (χ4v) is 4.01. The van der Waals surface area contributed by atoms with E-state index in [4.69, 9.17) is 4.99 Å². The van der Waals surface area contributed by atoms with Crippen LogP contribution in [-0.2, 0) is 6.18 Å². The molecule has 1 aromatic carbocycles. The zero-order chi connectivity index (χ0) is 23.6. The molecule has 6 nitrogen and oxygen atoms in total. The van der Waals surface area contributed by atoms with Crippen LogP contribution in [0.5, 0.6) is 0 Å². The number of anilines is 1. The van der Waals surface area contributed by atoms with Crippen molar-refractivity contribution in [2.24, 2.45) is 10.9 Å². The average molecular weight is 455 g/mol. The number of alkyl halides is 3. The lowest BCUT2D eigenvalue weighted by Gasteiger charge is -2.40. The summed E-state index contributed by atoms with van der Waals surface area (Å²) in [7, 11) is 1.89. The van der Waals surface area contributed by atoms with Crippen LogP contribution in [0.25, 0.3) is 5.70 Å². The predicted molar refractivity (Wildman–Crippen MR) is 123 cm³/mol. The monoisotopic (exact) mass is 454 g/mol. The summed E-state index contributed by atoms with van der Waals surface area (Å²) in [5, 5.41) is 2.92. The van der Waals surface area contributed by atoms with Crippen LogP contribution >= 0.6 is 0 Å². The molecule has 3 heterocycles. The molecule has 0 aliphatic carbocycles. The molecule has 4 rings (SSSR count). The van der Waals surface area contributed by atoms with Crippen molar-refractivity contribution in [3.63, 3.8) is 0 Å². The lowest BCUT2D eigenvalue weighted by Crippen LogP contribution is -2.48. The summed E-state index contributed by atoms with van der Waals surface area (Å²) in [5.74, 6) is 0.683. The van der Waals surface area contributed by atoms with Crippen molar-refractivity contribution in [3.8, 4) is 0 Å². The Morgan fingerprint density at radius 1 is 1.21 bits per heavy atom. The largest absolute Gasteiger partial charge is 0.418 e. The van der Waals surface area contributed by atoms with Gasteiger partial charge in [0.2, 0.25) is 5.96 Å². The Morgan fingerprint density at radius 3 is 2.73 bits per heavy atom. The maximum Gasteiger partial charge on any atom is 0.418 e. The molecular weight excluding hydrogens is 429 g/mol. The normalized spacial score (nSPS) is 19.2. The highest BCUT2D eigenvalue weighted by molar-refractivity contribution is 5.90. The number of benzene rings is 1. The maximum atomic E-state index is 13.4. The van der Waals surface area contributed by atoms with Gasteiger partial charge in [-0.05, 0) is 37.1 Å². The highest BCUT2D eigenvalue weighted by Crippen LogP contribution is 2.36. The zero-order valence-corrected chi connectivity index (χ0v) is 18.3. The standard InChI is InChI=1S/C24H25F3N6/c1-16-13-22(21-10-11-28-15-29-21)31-23(32(16)3)33-12-6-7-18(14-33)17(2)30-20-9-5-4-8-19(20)24(25,26)27/h4-5,8-11,13,15,18,30H,1-2,6-7,12,14H2,3H3. The Kier molecular flexibility index (Phi) is 6.22. The quantitative estimate of drug-likeness (QED) is 0.706. The molecule has 1 aromatic heterocycles. The number of aromatic nitrogens is 2. The first-order valence-electron chi connectivity index (χ1n) is 10.6. The van der Waals surface area contributed by atoms with Gasteiger partial charge in [-0.1, -0.05) is 25.3 Å². The van der Waals surface area contributed by atoms with E-state index in [1.165, 1.54) is 18.5 Å². The van der Waals surface area contributed by atoms with Gasteiger partial charge in [-0.25, -0.2) is 15.0 Å². The number of aliphatic imine (C=N–C) groups is 1. The van der Waals surface area contributed by atoms with Gasteiger partial charge in [0, 0.05) is 43.6 Å². The SMILES string of the molecule is C=C(Nc1ccccc1C(F)(F)F)C1CCCN(C2=NC(c3ccncn3)=CC(=C)N2C)C1. The topological polar surface area (TPSA) is 56.6 Å². The molecule has 0 bridgehead atoms. The summed E-state index contributed by atoms with van der Waals surface area (Å²) in [5.41, 5.74) is 2.02. The van der Waals surface area contributed by atoms with E-state index in [-0.39, 0.29) is 11.6 Å². The summed E-state index contributed by atoms with van der Waals surface area (Å²) in [4.78, 5) is 17.1. The number of likely N-dealkylation sites (N-methyl/N-ethyl adjacent to an activating group) is 1. The van der Waals surface area contributed by atoms with Crippen LogP contribution in [-0.4, -0.2) is 45.9 Å². The Balaban J connectivity index is 1.53. The molecule has 0 amide bonds. The van der Waals surface area contributed by atoms with Crippen LogP contribution in [0.3, 0.4) is 0 Å². The Labute approximate surface area is 190 Å². The molecule has 2 aromatic rings. The second kappa shape index (κ2) is 9.09. The van der Waals surface area contributed by atoms with Crippen molar-refractivity contribution in [2.75, 3.05) is 25.5 Å². The number of para-hydroxylation sites is 1. The molecule has 0 spiro atoms. The summed E-state index contributed by atoms with van der Waals surface area (Å²) >= 11 is 0. The van der Waals surface area contributed by atoms with E-state index in [2.05, 4.69) is 33.3 Å². The van der Waals surface area contributed by atoms with Crippen molar-refractivity contribution < 1.29 is 13.2 Å². The molecule has 9 heteroatoms. The van der Waals surface area contributed by atoms with Crippen LogP contribution in [0.4, 0.5) is 18.9 Å². The summed E-state index contributed by atoms with van der Waals surface area (Å²) in [6.07, 6.45) is 2.23. The van der Waals surface area contributed by atoms with E-state index >= 15 is 0 Å². The van der Waals surface area contributed by atoms with Gasteiger partial charge >= 0.3 is 6.18 Å². The Morgan fingerprint density at radius 2 is 2.00 bits per heavy atom. The molecule has 1 fully saturated rings. The number of halogens is 3. The van der Waals surface area contributed by atoms with Gasteiger partial charge < -0.3 is 15.1 Å². The smallest absolute Gasteiger partial charge is 0.359 e. The lowest BCUT2D eigenvalue weighted by molar-refractivity contribution is -0.136. The molecule has 0 radical (unpaired) electrons. The molecule has 33 heavy (non-hydrogen) atoms. The first-order valence-corrected chi connectivity index (χ1v) is 10.6. The molecule has 1 unspecified atom stereocenters. The zero-order valence-electron chi connectivity index (χ0n) is 18.3. The minimum Gasteiger partial charge on any atom is -0.359 e. The Hall–Kier alpha value is -3.62. The third kappa shape index (κ3) is 4.92. The van der Waals surface area contributed by atoms with E-state index in [1.807, 2.05) is 18.0 Å². The van der Waals surface area contributed by atoms with Gasteiger partial charge in [-0.3, -0.25) is 0 Å². The third-order valence-corrected chi connectivity index (χ3v) is 5.82. The average Bonchev–Trinajstić information content (AvgIpc) is 2.81. The summed E-state index contributed by atoms with van der Waals surface area (Å²) in [6, 6.07) is 7.24. The number of guanidine groups is 1. The second-order valence-electron chi connectivity index (χ2n) is 8.07. The summed E-state index contributed by atoms with van der Waals surface area (Å²) < 4.78 is 40.1. The number of likely N-dealkylation sites (tertiary alicyclic amines) is 1. The van der Waals surface area contributed by atoms with Crippen LogP contribution in [0, 0.1) is 5.92 Å². The van der Waals surface area contributed by atoms with Crippen LogP contribution in [0.2, 0.25) is 0 Å². The molecular formula is C24H25F3N6. The van der Waals surface area contributed by atoms with Gasteiger partial charge in [0.15, 0.2) is 0 Å². The number of nitrogens with one attached hydrogen (secondary N) is 1. The van der Waals surface area contributed by atoms with Crippen molar-refractivity contribution in [3.05, 3.63) is 84.7 Å². The number of allylic oxidation sites excluding steroid dienone is 1. The lowest BCUT2D eigenvalue weighted by atomic mass is 9.95. The number of rotatable bonds is 4. The fraction of sp³-hybridized carbons (Fsp3) is 0.292. The van der Waals surface area contributed by atoms with Crippen molar-refractivity contribution in [2.45, 2.75) is 19.0 Å².